The second kappa shape index (κ2) is 12.5. The lowest BCUT2D eigenvalue weighted by Gasteiger charge is -2.52. The molecule has 1 fully saturated rings. The first kappa shape index (κ1) is 28.4. The highest BCUT2D eigenvalue weighted by Gasteiger charge is 2.50. The molecule has 0 spiro atoms. The molecule has 4 rings (SSSR count). The average molecular weight is 550 g/mol. The van der Waals surface area contributed by atoms with Gasteiger partial charge in [-0.1, -0.05) is 97.2 Å². The second-order valence-corrected chi connectivity index (χ2v) is 11.7. The summed E-state index contributed by atoms with van der Waals surface area (Å²) in [5.74, 6) is 0.253. The fourth-order valence-corrected chi connectivity index (χ4v) is 6.14. The van der Waals surface area contributed by atoms with Gasteiger partial charge in [0, 0.05) is 35.1 Å². The van der Waals surface area contributed by atoms with Crippen LogP contribution in [0, 0.1) is 12.3 Å². The molecule has 1 aliphatic heterocycles. The first-order valence-corrected chi connectivity index (χ1v) is 14.2. The van der Waals surface area contributed by atoms with Gasteiger partial charge < -0.3 is 10.2 Å². The number of nitrogens with zero attached hydrogens (tertiary/aromatic N) is 1. The molecule has 1 heterocycles. The summed E-state index contributed by atoms with van der Waals surface area (Å²) in [5.41, 5.74) is 4.16. The van der Waals surface area contributed by atoms with Crippen LogP contribution in [0.3, 0.4) is 0 Å². The van der Waals surface area contributed by atoms with Crippen LogP contribution >= 0.6 is 23.2 Å². The monoisotopic (exact) mass is 548 g/mol. The number of hydrogen-bond donors (Lipinski definition) is 1. The van der Waals surface area contributed by atoms with E-state index in [2.05, 4.69) is 80.0 Å². The Hall–Kier alpha value is -2.59. The summed E-state index contributed by atoms with van der Waals surface area (Å²) in [7, 11) is 0. The summed E-state index contributed by atoms with van der Waals surface area (Å²) in [6.45, 7) is 11.8. The minimum absolute atomic E-state index is 0.0137. The first-order chi connectivity index (χ1) is 18.3. The predicted molar refractivity (Wildman–Crippen MR) is 160 cm³/mol. The molecular formula is C33H38Cl2N2O. The summed E-state index contributed by atoms with van der Waals surface area (Å²) in [5, 5.41) is 5.03. The maximum absolute atomic E-state index is 14.4. The number of allylic oxidation sites excluding steroid dienone is 1. The first-order valence-electron chi connectivity index (χ1n) is 13.5. The Balaban J connectivity index is 1.74. The van der Waals surface area contributed by atoms with Gasteiger partial charge in [-0.25, -0.2) is 0 Å². The van der Waals surface area contributed by atoms with E-state index >= 15 is 0 Å². The minimum atomic E-state index is -0.554. The molecule has 1 N–H and O–H groups in total. The summed E-state index contributed by atoms with van der Waals surface area (Å²) in [6.07, 6.45) is 4.06. The van der Waals surface area contributed by atoms with Crippen molar-refractivity contribution in [3.63, 3.8) is 0 Å². The van der Waals surface area contributed by atoms with E-state index in [1.165, 1.54) is 11.1 Å². The number of rotatable bonds is 10. The van der Waals surface area contributed by atoms with Gasteiger partial charge in [0.05, 0.1) is 11.5 Å². The number of benzene rings is 3. The molecule has 0 aliphatic carbocycles. The van der Waals surface area contributed by atoms with Crippen molar-refractivity contribution in [2.45, 2.75) is 64.6 Å². The number of aryl methyl sites for hydroxylation is 1. The highest BCUT2D eigenvalue weighted by Crippen LogP contribution is 2.52. The van der Waals surface area contributed by atoms with Gasteiger partial charge in [0.1, 0.15) is 0 Å². The number of carbonyl (C=O) groups is 1. The SMILES string of the molecule is C=CC[C@@]1(C)C[C@H](c2cccc(Cl)c2)C(c2ccc(Cl)cc2)N([C@@H](CC)CNCc2ccc(C)cc2)C1=O. The Morgan fingerprint density at radius 3 is 2.39 bits per heavy atom. The molecule has 200 valence electrons. The van der Waals surface area contributed by atoms with Gasteiger partial charge in [-0.3, -0.25) is 4.79 Å². The third kappa shape index (κ3) is 6.34. The number of hydrogen-bond acceptors (Lipinski definition) is 2. The Morgan fingerprint density at radius 2 is 1.76 bits per heavy atom. The second-order valence-electron chi connectivity index (χ2n) is 10.8. The molecule has 0 saturated carbocycles. The van der Waals surface area contributed by atoms with Gasteiger partial charge in [0.2, 0.25) is 5.91 Å². The van der Waals surface area contributed by atoms with Crippen LogP contribution in [0.5, 0.6) is 0 Å². The molecule has 1 aliphatic rings. The largest absolute Gasteiger partial charge is 0.330 e. The zero-order valence-electron chi connectivity index (χ0n) is 22.6. The van der Waals surface area contributed by atoms with Crippen LogP contribution in [0.4, 0.5) is 0 Å². The maximum atomic E-state index is 14.4. The fourth-order valence-electron chi connectivity index (χ4n) is 5.82. The molecule has 1 saturated heterocycles. The molecule has 0 aromatic heterocycles. The van der Waals surface area contributed by atoms with Crippen LogP contribution in [0.25, 0.3) is 0 Å². The number of carbonyl (C=O) groups excluding carboxylic acids is 1. The quantitative estimate of drug-likeness (QED) is 0.257. The van der Waals surface area contributed by atoms with Crippen LogP contribution in [0.15, 0.2) is 85.5 Å². The molecule has 3 aromatic carbocycles. The van der Waals surface area contributed by atoms with Gasteiger partial charge in [-0.15, -0.1) is 6.58 Å². The lowest BCUT2D eigenvalue weighted by atomic mass is 9.67. The van der Waals surface area contributed by atoms with Gasteiger partial charge >= 0.3 is 0 Å². The van der Waals surface area contributed by atoms with E-state index in [9.17, 15) is 4.79 Å². The standard InChI is InChI=1S/C33H38Cl2N2O/c1-5-18-33(4)20-30(26-8-7-9-28(35)19-26)31(25-14-16-27(34)17-15-25)37(32(33)38)29(6-2)22-36-21-24-12-10-23(3)11-13-24/h5,7-17,19,29-31,36H,1,6,18,20-22H2,2-4H3/t29-,30+,31?,33-/m0/s1. The van der Waals surface area contributed by atoms with Gasteiger partial charge in [-0.05, 0) is 67.1 Å². The normalized spacial score (nSPS) is 22.3. The molecule has 5 heteroatoms. The molecule has 3 nitrogen and oxygen atoms in total. The van der Waals surface area contributed by atoms with Crippen LogP contribution in [0.2, 0.25) is 10.0 Å². The Bertz CT molecular complexity index is 1240. The third-order valence-corrected chi connectivity index (χ3v) is 8.37. The summed E-state index contributed by atoms with van der Waals surface area (Å²) in [6, 6.07) is 24.5. The Morgan fingerprint density at radius 1 is 1.05 bits per heavy atom. The molecule has 1 amide bonds. The number of piperidine rings is 1. The Kier molecular flexibility index (Phi) is 9.36. The van der Waals surface area contributed by atoms with Gasteiger partial charge in [0.15, 0.2) is 0 Å². The van der Waals surface area contributed by atoms with E-state index in [0.29, 0.717) is 23.0 Å². The van der Waals surface area contributed by atoms with E-state index in [1.807, 2.05) is 36.4 Å². The van der Waals surface area contributed by atoms with E-state index in [4.69, 9.17) is 23.2 Å². The molecule has 4 atom stereocenters. The van der Waals surface area contributed by atoms with Gasteiger partial charge in [0.25, 0.3) is 0 Å². The number of halogens is 2. The van der Waals surface area contributed by atoms with Crippen molar-refractivity contribution in [3.05, 3.63) is 118 Å². The van der Waals surface area contributed by atoms with Crippen molar-refractivity contribution >= 4 is 29.1 Å². The van der Waals surface area contributed by atoms with Crippen LogP contribution in [-0.4, -0.2) is 23.4 Å². The fraction of sp³-hybridized carbons (Fsp3) is 0.364. The zero-order chi connectivity index (χ0) is 27.3. The Labute approximate surface area is 237 Å². The summed E-state index contributed by atoms with van der Waals surface area (Å²) < 4.78 is 0. The maximum Gasteiger partial charge on any atom is 0.229 e. The lowest BCUT2D eigenvalue weighted by molar-refractivity contribution is -0.154. The van der Waals surface area contributed by atoms with Crippen molar-refractivity contribution in [1.29, 1.82) is 0 Å². The molecule has 0 bridgehead atoms. The molecule has 38 heavy (non-hydrogen) atoms. The molecular weight excluding hydrogens is 511 g/mol. The summed E-state index contributed by atoms with van der Waals surface area (Å²) >= 11 is 12.8. The topological polar surface area (TPSA) is 32.3 Å². The van der Waals surface area contributed by atoms with E-state index in [0.717, 1.165) is 30.5 Å². The van der Waals surface area contributed by atoms with Crippen molar-refractivity contribution in [1.82, 2.24) is 10.2 Å². The minimum Gasteiger partial charge on any atom is -0.330 e. The number of nitrogens with one attached hydrogen (secondary N) is 1. The smallest absolute Gasteiger partial charge is 0.229 e. The van der Waals surface area contributed by atoms with Crippen LogP contribution in [0.1, 0.15) is 67.3 Å². The summed E-state index contributed by atoms with van der Waals surface area (Å²) in [4.78, 5) is 16.6. The van der Waals surface area contributed by atoms with Crippen molar-refractivity contribution in [2.75, 3.05) is 6.54 Å². The van der Waals surface area contributed by atoms with Crippen molar-refractivity contribution < 1.29 is 4.79 Å². The molecule has 1 unspecified atom stereocenters. The van der Waals surface area contributed by atoms with Crippen molar-refractivity contribution in [2.24, 2.45) is 5.41 Å². The molecule has 0 radical (unpaired) electrons. The molecule has 3 aromatic rings. The van der Waals surface area contributed by atoms with Crippen LogP contribution < -0.4 is 5.32 Å². The van der Waals surface area contributed by atoms with E-state index < -0.39 is 5.41 Å². The zero-order valence-corrected chi connectivity index (χ0v) is 24.1. The average Bonchev–Trinajstić information content (AvgIpc) is 2.90. The van der Waals surface area contributed by atoms with Gasteiger partial charge in [-0.2, -0.15) is 0 Å². The van der Waals surface area contributed by atoms with E-state index in [1.54, 1.807) is 0 Å². The third-order valence-electron chi connectivity index (χ3n) is 7.88. The van der Waals surface area contributed by atoms with Crippen molar-refractivity contribution in [3.8, 4) is 0 Å². The highest BCUT2D eigenvalue weighted by atomic mass is 35.5. The number of amides is 1. The predicted octanol–water partition coefficient (Wildman–Crippen LogP) is 8.51. The van der Waals surface area contributed by atoms with E-state index in [-0.39, 0.29) is 23.9 Å². The van der Waals surface area contributed by atoms with Crippen LogP contribution in [-0.2, 0) is 11.3 Å². The highest BCUT2D eigenvalue weighted by molar-refractivity contribution is 6.30. The lowest BCUT2D eigenvalue weighted by Crippen LogP contribution is -2.57. The number of likely N-dealkylation sites (tertiary alicyclic amines) is 1.